The molecule has 0 spiro atoms. The molecule has 2 N–H and O–H groups in total. The van der Waals surface area contributed by atoms with E-state index in [1.165, 1.54) is 0 Å². The number of nitrogens with zero attached hydrogens (tertiary/aromatic N) is 4. The molecular formula is C20H20N6O. The monoisotopic (exact) mass is 360 g/mol. The summed E-state index contributed by atoms with van der Waals surface area (Å²) in [7, 11) is 1.87. The van der Waals surface area contributed by atoms with Gasteiger partial charge in [-0.25, -0.2) is 0 Å². The molecule has 0 aliphatic carbocycles. The number of carbonyl (C=O) groups excluding carboxylic acids is 1. The highest BCUT2D eigenvalue weighted by molar-refractivity contribution is 6.32. The van der Waals surface area contributed by atoms with Crippen molar-refractivity contribution in [3.8, 4) is 11.3 Å². The van der Waals surface area contributed by atoms with Gasteiger partial charge in [-0.2, -0.15) is 5.10 Å². The first-order valence-corrected chi connectivity index (χ1v) is 8.65. The van der Waals surface area contributed by atoms with Crippen molar-refractivity contribution in [2.75, 3.05) is 10.6 Å². The molecule has 27 heavy (non-hydrogen) atoms. The fourth-order valence-electron chi connectivity index (χ4n) is 3.29. The third-order valence-corrected chi connectivity index (χ3v) is 4.66. The molecule has 7 nitrogen and oxygen atoms in total. The summed E-state index contributed by atoms with van der Waals surface area (Å²) in [6.07, 6.45) is 7.17. The first kappa shape index (κ1) is 17.0. The van der Waals surface area contributed by atoms with Gasteiger partial charge in [0.2, 0.25) is 0 Å². The molecule has 0 unspecified atom stereocenters. The maximum absolute atomic E-state index is 12.6. The number of hydrogen-bond donors (Lipinski definition) is 2. The van der Waals surface area contributed by atoms with Crippen molar-refractivity contribution in [2.24, 2.45) is 7.05 Å². The number of rotatable bonds is 3. The minimum absolute atomic E-state index is 0.148. The Morgan fingerprint density at radius 2 is 2.00 bits per heavy atom. The zero-order valence-electron chi connectivity index (χ0n) is 15.7. The molecule has 0 saturated carbocycles. The highest BCUT2D eigenvalue weighted by Crippen LogP contribution is 2.36. The van der Waals surface area contributed by atoms with E-state index in [0.29, 0.717) is 11.3 Å². The predicted molar refractivity (Wildman–Crippen MR) is 105 cm³/mol. The van der Waals surface area contributed by atoms with Gasteiger partial charge in [0.05, 0.1) is 23.2 Å². The van der Waals surface area contributed by atoms with Gasteiger partial charge in [0.15, 0.2) is 5.82 Å². The molecule has 0 atom stereocenters. The summed E-state index contributed by atoms with van der Waals surface area (Å²) in [6, 6.07) is 3.88. The molecule has 1 aliphatic rings. The molecule has 0 aromatic carbocycles. The molecule has 3 aromatic rings. The largest absolute Gasteiger partial charge is 0.342 e. The Morgan fingerprint density at radius 1 is 1.19 bits per heavy atom. The van der Waals surface area contributed by atoms with Gasteiger partial charge in [-0.05, 0) is 38.5 Å². The molecule has 1 aliphatic heterocycles. The summed E-state index contributed by atoms with van der Waals surface area (Å²) in [6.45, 7) is 5.87. The van der Waals surface area contributed by atoms with E-state index in [-0.39, 0.29) is 5.91 Å². The predicted octanol–water partition coefficient (Wildman–Crippen LogP) is 3.29. The van der Waals surface area contributed by atoms with E-state index in [1.807, 2.05) is 46.1 Å². The molecule has 1 amide bonds. The Labute approximate surface area is 157 Å². The Hall–Kier alpha value is -3.48. The Morgan fingerprint density at radius 3 is 2.70 bits per heavy atom. The number of pyridine rings is 2. The minimum Gasteiger partial charge on any atom is -0.342 e. The van der Waals surface area contributed by atoms with Crippen LogP contribution < -0.4 is 10.6 Å². The first-order chi connectivity index (χ1) is 12.9. The van der Waals surface area contributed by atoms with Gasteiger partial charge >= 0.3 is 0 Å². The third kappa shape index (κ3) is 2.97. The van der Waals surface area contributed by atoms with Crippen molar-refractivity contribution in [3.63, 3.8) is 0 Å². The molecule has 0 bridgehead atoms. The Kier molecular flexibility index (Phi) is 3.99. The van der Waals surface area contributed by atoms with Crippen LogP contribution in [0.2, 0.25) is 0 Å². The van der Waals surface area contributed by atoms with Crippen molar-refractivity contribution in [1.29, 1.82) is 0 Å². The van der Waals surface area contributed by atoms with Gasteiger partial charge in [-0.1, -0.05) is 0 Å². The highest BCUT2D eigenvalue weighted by Gasteiger charge is 2.28. The van der Waals surface area contributed by atoms with Crippen LogP contribution in [0.3, 0.4) is 0 Å². The second-order valence-electron chi connectivity index (χ2n) is 6.72. The maximum Gasteiger partial charge on any atom is 0.258 e. The summed E-state index contributed by atoms with van der Waals surface area (Å²) in [5, 5.41) is 10.6. The number of fused-ring (bicyclic) bond motifs is 1. The first-order valence-electron chi connectivity index (χ1n) is 8.65. The molecule has 4 heterocycles. The molecule has 136 valence electrons. The molecule has 4 rings (SSSR count). The summed E-state index contributed by atoms with van der Waals surface area (Å²) in [5.41, 5.74) is 6.71. The average Bonchev–Trinajstić information content (AvgIpc) is 3.12. The molecule has 3 aromatic heterocycles. The van der Waals surface area contributed by atoms with Crippen LogP contribution in [0.5, 0.6) is 0 Å². The number of allylic oxidation sites excluding steroid dienone is 1. The summed E-state index contributed by atoms with van der Waals surface area (Å²) in [4.78, 5) is 21.3. The Balaban J connectivity index is 1.79. The van der Waals surface area contributed by atoms with Gasteiger partial charge in [0.25, 0.3) is 5.91 Å². The van der Waals surface area contributed by atoms with E-state index >= 15 is 0 Å². The molecule has 0 saturated heterocycles. The van der Waals surface area contributed by atoms with Gasteiger partial charge in [-0.3, -0.25) is 19.4 Å². The molecular weight excluding hydrogens is 340 g/mol. The van der Waals surface area contributed by atoms with E-state index in [0.717, 1.165) is 39.5 Å². The van der Waals surface area contributed by atoms with Crippen molar-refractivity contribution in [1.82, 2.24) is 19.7 Å². The van der Waals surface area contributed by atoms with E-state index < -0.39 is 0 Å². The molecule has 0 fully saturated rings. The zero-order chi connectivity index (χ0) is 19.1. The quantitative estimate of drug-likeness (QED) is 0.700. The number of aromatic nitrogens is 4. The van der Waals surface area contributed by atoms with E-state index in [1.54, 1.807) is 23.3 Å². The topological polar surface area (TPSA) is 84.7 Å². The minimum atomic E-state index is -0.148. The SMILES string of the molecule is C/C(Nc1nn(C)cc1C)=C1/C(=O)Nc2cnc(-c3cnccc3C)cc21. The van der Waals surface area contributed by atoms with E-state index in [2.05, 4.69) is 25.7 Å². The third-order valence-electron chi connectivity index (χ3n) is 4.66. The van der Waals surface area contributed by atoms with Crippen LogP contribution in [0.15, 0.2) is 42.6 Å². The number of nitrogens with one attached hydrogen (secondary N) is 2. The van der Waals surface area contributed by atoms with Crippen molar-refractivity contribution in [2.45, 2.75) is 20.8 Å². The van der Waals surface area contributed by atoms with Crippen LogP contribution in [-0.4, -0.2) is 25.7 Å². The van der Waals surface area contributed by atoms with Crippen LogP contribution in [-0.2, 0) is 11.8 Å². The highest BCUT2D eigenvalue weighted by atomic mass is 16.2. The van der Waals surface area contributed by atoms with Crippen LogP contribution in [0.4, 0.5) is 11.5 Å². The normalized spacial score (nSPS) is 14.7. The molecule has 0 radical (unpaired) electrons. The van der Waals surface area contributed by atoms with Crippen LogP contribution in [0.25, 0.3) is 16.8 Å². The second-order valence-corrected chi connectivity index (χ2v) is 6.72. The maximum atomic E-state index is 12.6. The smallest absolute Gasteiger partial charge is 0.258 e. The van der Waals surface area contributed by atoms with E-state index in [9.17, 15) is 4.79 Å². The zero-order valence-corrected chi connectivity index (χ0v) is 15.7. The summed E-state index contributed by atoms with van der Waals surface area (Å²) in [5.74, 6) is 0.589. The van der Waals surface area contributed by atoms with Crippen molar-refractivity contribution >= 4 is 23.0 Å². The molecule has 7 heteroatoms. The lowest BCUT2D eigenvalue weighted by Crippen LogP contribution is -2.09. The number of hydrogen-bond acceptors (Lipinski definition) is 5. The number of aryl methyl sites for hydroxylation is 3. The second kappa shape index (κ2) is 6.35. The van der Waals surface area contributed by atoms with E-state index in [4.69, 9.17) is 0 Å². The average molecular weight is 360 g/mol. The lowest BCUT2D eigenvalue weighted by Gasteiger charge is -2.09. The van der Waals surface area contributed by atoms with Gasteiger partial charge in [0.1, 0.15) is 0 Å². The standard InChI is InChI=1S/C20H20N6O/c1-11-5-6-21-8-15(11)16-7-14-17(9-22-16)24-20(27)18(14)13(3)23-19-12(2)10-26(4)25-19/h5-10H,1-4H3,(H,23,25)(H,24,27)/b18-13-. The van der Waals surface area contributed by atoms with Gasteiger partial charge in [0, 0.05) is 48.0 Å². The fourth-order valence-corrected chi connectivity index (χ4v) is 3.29. The number of anilines is 2. The van der Waals surface area contributed by atoms with Crippen LogP contribution in [0, 0.1) is 13.8 Å². The Bertz CT molecular complexity index is 1100. The lowest BCUT2D eigenvalue weighted by atomic mass is 10.0. The lowest BCUT2D eigenvalue weighted by molar-refractivity contribution is -0.110. The summed E-state index contributed by atoms with van der Waals surface area (Å²) < 4.78 is 1.74. The fraction of sp³-hybridized carbons (Fsp3) is 0.200. The van der Waals surface area contributed by atoms with Crippen LogP contribution in [0.1, 0.15) is 23.6 Å². The van der Waals surface area contributed by atoms with Gasteiger partial charge in [-0.15, -0.1) is 0 Å². The van der Waals surface area contributed by atoms with Gasteiger partial charge < -0.3 is 10.6 Å². The number of carbonyl (C=O) groups is 1. The summed E-state index contributed by atoms with van der Waals surface area (Å²) >= 11 is 0. The van der Waals surface area contributed by atoms with Crippen molar-refractivity contribution in [3.05, 3.63) is 59.3 Å². The van der Waals surface area contributed by atoms with Crippen LogP contribution >= 0.6 is 0 Å². The van der Waals surface area contributed by atoms with Crippen molar-refractivity contribution < 1.29 is 4.79 Å². The number of amides is 1.